The molecule has 19 heavy (non-hydrogen) atoms. The van der Waals surface area contributed by atoms with Gasteiger partial charge in [0.05, 0.1) is 0 Å². The summed E-state index contributed by atoms with van der Waals surface area (Å²) in [6, 6.07) is 9.37. The number of likely N-dealkylation sites (N-methyl/N-ethyl adjacent to an activating group) is 1. The third kappa shape index (κ3) is 3.64. The second-order valence-corrected chi connectivity index (χ2v) is 6.14. The van der Waals surface area contributed by atoms with Crippen molar-refractivity contribution in [3.05, 3.63) is 57.0 Å². The minimum absolute atomic E-state index is 0.160. The summed E-state index contributed by atoms with van der Waals surface area (Å²) < 4.78 is 13.3. The molecule has 0 aliphatic heterocycles. The second kappa shape index (κ2) is 6.31. The van der Waals surface area contributed by atoms with Crippen molar-refractivity contribution in [1.82, 2.24) is 5.32 Å². The number of hydrogen-bond donors (Lipinski definition) is 1. The normalized spacial score (nSPS) is 12.6. The van der Waals surface area contributed by atoms with Crippen LogP contribution in [-0.2, 0) is 6.42 Å². The molecule has 0 fully saturated rings. The molecule has 1 aromatic heterocycles. The molecule has 0 amide bonds. The van der Waals surface area contributed by atoms with Gasteiger partial charge in [-0.2, -0.15) is 0 Å². The Bertz CT molecular complexity index is 547. The maximum absolute atomic E-state index is 13.3. The lowest BCUT2D eigenvalue weighted by atomic mass is 10.0. The number of aryl methyl sites for hydroxylation is 2. The van der Waals surface area contributed by atoms with E-state index >= 15 is 0 Å². The number of nitrogens with one attached hydrogen (secondary N) is 1. The lowest BCUT2D eigenvalue weighted by Gasteiger charge is -2.18. The molecule has 1 heterocycles. The Hall–Kier alpha value is -1.19. The van der Waals surface area contributed by atoms with Crippen LogP contribution in [0.3, 0.4) is 0 Å². The zero-order valence-electron chi connectivity index (χ0n) is 11.7. The minimum Gasteiger partial charge on any atom is -0.309 e. The molecule has 1 nitrogen and oxygen atoms in total. The van der Waals surface area contributed by atoms with E-state index in [4.69, 9.17) is 0 Å². The first-order valence-corrected chi connectivity index (χ1v) is 7.46. The third-order valence-corrected chi connectivity index (χ3v) is 4.44. The SMILES string of the molecule is CCNC(Cc1cccc(F)c1)c1sc(C)cc1C. The van der Waals surface area contributed by atoms with E-state index < -0.39 is 0 Å². The summed E-state index contributed by atoms with van der Waals surface area (Å²) >= 11 is 1.83. The summed E-state index contributed by atoms with van der Waals surface area (Å²) in [7, 11) is 0. The molecule has 1 atom stereocenters. The smallest absolute Gasteiger partial charge is 0.123 e. The summed E-state index contributed by atoms with van der Waals surface area (Å²) in [5, 5.41) is 3.51. The number of benzene rings is 1. The fraction of sp³-hybridized carbons (Fsp3) is 0.375. The van der Waals surface area contributed by atoms with Gasteiger partial charge in [0.1, 0.15) is 5.82 Å². The maximum Gasteiger partial charge on any atom is 0.123 e. The average Bonchev–Trinajstić information content (AvgIpc) is 2.68. The van der Waals surface area contributed by atoms with Crippen LogP contribution in [0.15, 0.2) is 30.3 Å². The van der Waals surface area contributed by atoms with Gasteiger partial charge in [0.2, 0.25) is 0 Å². The minimum atomic E-state index is -0.160. The standard InChI is InChI=1S/C16H20FNS/c1-4-18-15(16-11(2)8-12(3)19-16)10-13-6-5-7-14(17)9-13/h5-9,15,18H,4,10H2,1-3H3. The highest BCUT2D eigenvalue weighted by molar-refractivity contribution is 7.12. The Morgan fingerprint density at radius 2 is 2.05 bits per heavy atom. The van der Waals surface area contributed by atoms with Gasteiger partial charge in [0.15, 0.2) is 0 Å². The molecular weight excluding hydrogens is 257 g/mol. The van der Waals surface area contributed by atoms with E-state index in [-0.39, 0.29) is 11.9 Å². The van der Waals surface area contributed by atoms with Gasteiger partial charge in [0, 0.05) is 15.8 Å². The van der Waals surface area contributed by atoms with Crippen LogP contribution in [0.25, 0.3) is 0 Å². The van der Waals surface area contributed by atoms with Crippen molar-refractivity contribution in [3.8, 4) is 0 Å². The van der Waals surface area contributed by atoms with Crippen LogP contribution in [0.2, 0.25) is 0 Å². The van der Waals surface area contributed by atoms with E-state index in [1.807, 2.05) is 17.4 Å². The van der Waals surface area contributed by atoms with Crippen molar-refractivity contribution >= 4 is 11.3 Å². The molecule has 0 aliphatic carbocycles. The molecule has 0 saturated heterocycles. The average molecular weight is 277 g/mol. The summed E-state index contributed by atoms with van der Waals surface area (Å²) in [5.41, 5.74) is 2.36. The molecule has 1 N–H and O–H groups in total. The molecule has 0 aliphatic rings. The summed E-state index contributed by atoms with van der Waals surface area (Å²) in [4.78, 5) is 2.69. The van der Waals surface area contributed by atoms with Crippen LogP contribution in [-0.4, -0.2) is 6.54 Å². The van der Waals surface area contributed by atoms with Crippen LogP contribution in [0.1, 0.15) is 33.8 Å². The Balaban J connectivity index is 2.23. The number of hydrogen-bond acceptors (Lipinski definition) is 2. The number of halogens is 1. The Labute approximate surface area is 118 Å². The zero-order chi connectivity index (χ0) is 13.8. The first kappa shape index (κ1) is 14.2. The Morgan fingerprint density at radius 3 is 2.63 bits per heavy atom. The second-order valence-electron chi connectivity index (χ2n) is 4.85. The van der Waals surface area contributed by atoms with Gasteiger partial charge < -0.3 is 5.32 Å². The first-order valence-electron chi connectivity index (χ1n) is 6.65. The number of thiophene rings is 1. The quantitative estimate of drug-likeness (QED) is 0.854. The number of rotatable bonds is 5. The van der Waals surface area contributed by atoms with Gasteiger partial charge in [-0.1, -0.05) is 19.1 Å². The van der Waals surface area contributed by atoms with Crippen molar-refractivity contribution in [2.45, 2.75) is 33.2 Å². The monoisotopic (exact) mass is 277 g/mol. The highest BCUT2D eigenvalue weighted by atomic mass is 32.1. The van der Waals surface area contributed by atoms with Gasteiger partial charge in [-0.25, -0.2) is 4.39 Å². The predicted molar refractivity (Wildman–Crippen MR) is 80.3 cm³/mol. The lowest BCUT2D eigenvalue weighted by molar-refractivity contribution is 0.552. The summed E-state index contributed by atoms with van der Waals surface area (Å²) in [6.45, 7) is 7.30. The molecule has 0 spiro atoms. The van der Waals surface area contributed by atoms with Crippen molar-refractivity contribution in [3.63, 3.8) is 0 Å². The Kier molecular flexibility index (Phi) is 4.72. The molecule has 1 unspecified atom stereocenters. The fourth-order valence-electron chi connectivity index (χ4n) is 2.41. The molecular formula is C16H20FNS. The van der Waals surface area contributed by atoms with Gasteiger partial charge >= 0.3 is 0 Å². The predicted octanol–water partition coefficient (Wildman–Crippen LogP) is 4.40. The van der Waals surface area contributed by atoms with Crippen molar-refractivity contribution in [2.24, 2.45) is 0 Å². The van der Waals surface area contributed by atoms with Gasteiger partial charge in [0.25, 0.3) is 0 Å². The molecule has 3 heteroatoms. The van der Waals surface area contributed by atoms with E-state index in [0.29, 0.717) is 0 Å². The van der Waals surface area contributed by atoms with Crippen molar-refractivity contribution < 1.29 is 4.39 Å². The van der Waals surface area contributed by atoms with E-state index in [1.54, 1.807) is 12.1 Å². The van der Waals surface area contributed by atoms with E-state index in [0.717, 1.165) is 18.5 Å². The van der Waals surface area contributed by atoms with Crippen LogP contribution in [0, 0.1) is 19.7 Å². The van der Waals surface area contributed by atoms with E-state index in [1.165, 1.54) is 21.4 Å². The van der Waals surface area contributed by atoms with Crippen LogP contribution in [0.5, 0.6) is 0 Å². The molecule has 0 bridgehead atoms. The first-order chi connectivity index (χ1) is 9.10. The van der Waals surface area contributed by atoms with Gasteiger partial charge in [-0.05, 0) is 56.1 Å². The molecule has 1 aromatic carbocycles. The highest BCUT2D eigenvalue weighted by Gasteiger charge is 2.16. The van der Waals surface area contributed by atoms with Crippen LogP contribution >= 0.6 is 11.3 Å². The van der Waals surface area contributed by atoms with Gasteiger partial charge in [-0.15, -0.1) is 11.3 Å². The van der Waals surface area contributed by atoms with Crippen molar-refractivity contribution in [1.29, 1.82) is 0 Å². The van der Waals surface area contributed by atoms with Crippen LogP contribution < -0.4 is 5.32 Å². The molecule has 102 valence electrons. The topological polar surface area (TPSA) is 12.0 Å². The third-order valence-electron chi connectivity index (χ3n) is 3.18. The molecule has 2 aromatic rings. The maximum atomic E-state index is 13.3. The summed E-state index contributed by atoms with van der Waals surface area (Å²) in [5.74, 6) is -0.160. The van der Waals surface area contributed by atoms with Gasteiger partial charge in [-0.3, -0.25) is 0 Å². The fourth-order valence-corrected chi connectivity index (χ4v) is 3.52. The molecule has 0 saturated carbocycles. The van der Waals surface area contributed by atoms with Crippen LogP contribution in [0.4, 0.5) is 4.39 Å². The molecule has 2 rings (SSSR count). The van der Waals surface area contributed by atoms with Crippen molar-refractivity contribution in [2.75, 3.05) is 6.54 Å². The zero-order valence-corrected chi connectivity index (χ0v) is 12.5. The largest absolute Gasteiger partial charge is 0.309 e. The highest BCUT2D eigenvalue weighted by Crippen LogP contribution is 2.29. The molecule has 0 radical (unpaired) electrons. The van der Waals surface area contributed by atoms with E-state index in [2.05, 4.69) is 32.2 Å². The Morgan fingerprint density at radius 1 is 1.26 bits per heavy atom. The summed E-state index contributed by atoms with van der Waals surface area (Å²) in [6.07, 6.45) is 0.826. The lowest BCUT2D eigenvalue weighted by Crippen LogP contribution is -2.22. The van der Waals surface area contributed by atoms with E-state index in [9.17, 15) is 4.39 Å².